The van der Waals surface area contributed by atoms with Crippen molar-refractivity contribution in [2.75, 3.05) is 13.7 Å². The molecule has 0 aliphatic heterocycles. The first-order valence-corrected chi connectivity index (χ1v) is 9.63. The van der Waals surface area contributed by atoms with E-state index in [0.717, 1.165) is 22.3 Å². The fourth-order valence-electron chi connectivity index (χ4n) is 3.24. The highest BCUT2D eigenvalue weighted by atomic mass is 16.5. The first-order valence-electron chi connectivity index (χ1n) is 9.63. The van der Waals surface area contributed by atoms with Crippen LogP contribution in [0.25, 0.3) is 0 Å². The van der Waals surface area contributed by atoms with Crippen molar-refractivity contribution in [3.8, 4) is 5.75 Å². The number of carbonyl (C=O) groups excluding carboxylic acids is 2. The van der Waals surface area contributed by atoms with Crippen LogP contribution in [0.2, 0.25) is 0 Å². The number of rotatable bonds is 8. The van der Waals surface area contributed by atoms with Crippen LogP contribution in [0.3, 0.4) is 0 Å². The van der Waals surface area contributed by atoms with Gasteiger partial charge in [-0.05, 0) is 49.9 Å². The van der Waals surface area contributed by atoms with Crippen LogP contribution in [0.5, 0.6) is 5.75 Å². The summed E-state index contributed by atoms with van der Waals surface area (Å²) < 4.78 is 5.79. The summed E-state index contributed by atoms with van der Waals surface area (Å²) in [6.45, 7) is 8.14. The number of hydrogen-bond donors (Lipinski definition) is 1. The van der Waals surface area contributed by atoms with E-state index in [1.165, 1.54) is 0 Å². The van der Waals surface area contributed by atoms with E-state index in [1.807, 2.05) is 70.2 Å². The summed E-state index contributed by atoms with van der Waals surface area (Å²) in [7, 11) is 1.59. The molecule has 1 unspecified atom stereocenters. The van der Waals surface area contributed by atoms with Crippen molar-refractivity contribution in [3.63, 3.8) is 0 Å². The summed E-state index contributed by atoms with van der Waals surface area (Å²) >= 11 is 0. The Morgan fingerprint density at radius 2 is 1.79 bits per heavy atom. The number of nitrogens with zero attached hydrogens (tertiary/aromatic N) is 1. The maximum atomic E-state index is 13.1. The molecular formula is C23H30N2O3. The maximum Gasteiger partial charge on any atom is 0.261 e. The fourth-order valence-corrected chi connectivity index (χ4v) is 3.24. The van der Waals surface area contributed by atoms with E-state index in [9.17, 15) is 9.59 Å². The van der Waals surface area contributed by atoms with Gasteiger partial charge in [-0.15, -0.1) is 0 Å². The number of hydrogen-bond acceptors (Lipinski definition) is 3. The minimum atomic E-state index is -0.542. The molecule has 0 bridgehead atoms. The average molecular weight is 383 g/mol. The minimum Gasteiger partial charge on any atom is -0.483 e. The van der Waals surface area contributed by atoms with Crippen LogP contribution < -0.4 is 10.1 Å². The largest absolute Gasteiger partial charge is 0.483 e. The van der Waals surface area contributed by atoms with Gasteiger partial charge < -0.3 is 15.0 Å². The van der Waals surface area contributed by atoms with Gasteiger partial charge in [-0.25, -0.2) is 0 Å². The molecule has 2 rings (SSSR count). The zero-order valence-corrected chi connectivity index (χ0v) is 17.4. The van der Waals surface area contributed by atoms with Gasteiger partial charge in [0.1, 0.15) is 11.8 Å². The molecule has 0 radical (unpaired) electrons. The molecule has 150 valence electrons. The van der Waals surface area contributed by atoms with Gasteiger partial charge in [-0.2, -0.15) is 0 Å². The van der Waals surface area contributed by atoms with Crippen LogP contribution in [0, 0.1) is 20.8 Å². The zero-order valence-electron chi connectivity index (χ0n) is 17.4. The van der Waals surface area contributed by atoms with E-state index < -0.39 is 6.04 Å². The number of amides is 2. The van der Waals surface area contributed by atoms with E-state index in [1.54, 1.807) is 11.9 Å². The quantitative estimate of drug-likeness (QED) is 0.760. The smallest absolute Gasteiger partial charge is 0.261 e. The molecule has 0 saturated heterocycles. The van der Waals surface area contributed by atoms with Crippen LogP contribution >= 0.6 is 0 Å². The number of carbonyl (C=O) groups is 2. The molecule has 0 fully saturated rings. The Balaban J connectivity index is 2.22. The monoisotopic (exact) mass is 382 g/mol. The maximum absolute atomic E-state index is 13.1. The Morgan fingerprint density at radius 1 is 1.07 bits per heavy atom. The Morgan fingerprint density at radius 3 is 2.39 bits per heavy atom. The van der Waals surface area contributed by atoms with Crippen molar-refractivity contribution in [1.29, 1.82) is 0 Å². The highest BCUT2D eigenvalue weighted by Crippen LogP contribution is 2.20. The van der Waals surface area contributed by atoms with Crippen LogP contribution in [0.4, 0.5) is 0 Å². The lowest BCUT2D eigenvalue weighted by molar-refractivity contribution is -0.142. The second kappa shape index (κ2) is 9.93. The number of nitrogens with one attached hydrogen (secondary N) is 1. The molecular weight excluding hydrogens is 352 g/mol. The van der Waals surface area contributed by atoms with Crippen molar-refractivity contribution >= 4 is 11.8 Å². The summed E-state index contributed by atoms with van der Waals surface area (Å²) in [5, 5.41) is 2.67. The van der Waals surface area contributed by atoms with Gasteiger partial charge in [0.15, 0.2) is 6.61 Å². The number of ether oxygens (including phenoxy) is 1. The predicted octanol–water partition coefficient (Wildman–Crippen LogP) is 3.54. The van der Waals surface area contributed by atoms with E-state index in [0.29, 0.717) is 18.7 Å². The second-order valence-electron chi connectivity index (χ2n) is 7.04. The number of aryl methyl sites for hydroxylation is 3. The average Bonchev–Trinajstić information content (AvgIpc) is 2.68. The molecule has 5 nitrogen and oxygen atoms in total. The van der Waals surface area contributed by atoms with E-state index in [-0.39, 0.29) is 18.4 Å². The third-order valence-electron chi connectivity index (χ3n) is 4.92. The Labute approximate surface area is 167 Å². The zero-order chi connectivity index (χ0) is 20.7. The van der Waals surface area contributed by atoms with Gasteiger partial charge in [-0.1, -0.05) is 48.9 Å². The van der Waals surface area contributed by atoms with Crippen molar-refractivity contribution in [2.24, 2.45) is 0 Å². The molecule has 0 heterocycles. The highest BCUT2D eigenvalue weighted by Gasteiger charge is 2.28. The third-order valence-corrected chi connectivity index (χ3v) is 4.92. The predicted molar refractivity (Wildman–Crippen MR) is 111 cm³/mol. The molecule has 0 saturated carbocycles. The summed E-state index contributed by atoms with van der Waals surface area (Å²) in [5.41, 5.74) is 4.23. The molecule has 1 atom stereocenters. The molecule has 2 aromatic rings. The summed E-state index contributed by atoms with van der Waals surface area (Å²) in [4.78, 5) is 27.1. The molecule has 5 heteroatoms. The molecule has 28 heavy (non-hydrogen) atoms. The van der Waals surface area contributed by atoms with Gasteiger partial charge in [0.25, 0.3) is 5.91 Å². The number of benzene rings is 2. The normalized spacial score (nSPS) is 11.6. The standard InChI is InChI=1S/C23H30N2O3/c1-6-20(23(27)24-5)25(14-19-10-8-7-9-17(19)3)22(26)15-28-21-12-11-16(2)13-18(21)4/h7-13,20H,6,14-15H2,1-5H3,(H,24,27). The molecule has 0 aromatic heterocycles. The van der Waals surface area contributed by atoms with Gasteiger partial charge in [0.2, 0.25) is 5.91 Å². The Bertz CT molecular complexity index is 832. The second-order valence-corrected chi connectivity index (χ2v) is 7.04. The molecule has 2 amide bonds. The third kappa shape index (κ3) is 5.35. The molecule has 2 aromatic carbocycles. The van der Waals surface area contributed by atoms with Crippen LogP contribution in [-0.4, -0.2) is 36.4 Å². The van der Waals surface area contributed by atoms with Gasteiger partial charge >= 0.3 is 0 Å². The van der Waals surface area contributed by atoms with Crippen LogP contribution in [-0.2, 0) is 16.1 Å². The van der Waals surface area contributed by atoms with Crippen molar-refractivity contribution < 1.29 is 14.3 Å². The van der Waals surface area contributed by atoms with Crippen molar-refractivity contribution in [2.45, 2.75) is 46.7 Å². The molecule has 1 N–H and O–H groups in total. The molecule has 0 spiro atoms. The fraction of sp³-hybridized carbons (Fsp3) is 0.391. The first-order chi connectivity index (χ1) is 13.4. The van der Waals surface area contributed by atoms with Gasteiger partial charge in [-0.3, -0.25) is 9.59 Å². The van der Waals surface area contributed by atoms with E-state index in [2.05, 4.69) is 5.32 Å². The topological polar surface area (TPSA) is 58.6 Å². The van der Waals surface area contributed by atoms with Crippen molar-refractivity contribution in [3.05, 3.63) is 64.7 Å². The lowest BCUT2D eigenvalue weighted by Gasteiger charge is -2.30. The minimum absolute atomic E-state index is 0.108. The summed E-state index contributed by atoms with van der Waals surface area (Å²) in [6, 6.07) is 13.2. The van der Waals surface area contributed by atoms with E-state index in [4.69, 9.17) is 4.74 Å². The lowest BCUT2D eigenvalue weighted by Crippen LogP contribution is -2.49. The summed E-state index contributed by atoms with van der Waals surface area (Å²) in [6.07, 6.45) is 0.529. The summed E-state index contributed by atoms with van der Waals surface area (Å²) in [5.74, 6) is 0.303. The number of likely N-dealkylation sites (N-methyl/N-ethyl adjacent to an activating group) is 1. The van der Waals surface area contributed by atoms with E-state index >= 15 is 0 Å². The molecule has 0 aliphatic rings. The highest BCUT2D eigenvalue weighted by molar-refractivity contribution is 5.88. The lowest BCUT2D eigenvalue weighted by atomic mass is 10.1. The van der Waals surface area contributed by atoms with Gasteiger partial charge in [0, 0.05) is 13.6 Å². The molecule has 0 aliphatic carbocycles. The van der Waals surface area contributed by atoms with Crippen molar-refractivity contribution in [1.82, 2.24) is 10.2 Å². The van der Waals surface area contributed by atoms with Gasteiger partial charge in [0.05, 0.1) is 0 Å². The first kappa shape index (κ1) is 21.5. The van der Waals surface area contributed by atoms with Crippen LogP contribution in [0.15, 0.2) is 42.5 Å². The SMILES string of the molecule is CCC(C(=O)NC)N(Cc1ccccc1C)C(=O)COc1ccc(C)cc1C. The Kier molecular flexibility index (Phi) is 7.61. The Hall–Kier alpha value is -2.82. The van der Waals surface area contributed by atoms with Crippen LogP contribution in [0.1, 0.15) is 35.6 Å².